The minimum absolute atomic E-state index is 0. The monoisotopic (exact) mass is 362 g/mol. The second kappa shape index (κ2) is 13.7. The molecule has 3 heteroatoms. The average Bonchev–Trinajstić information content (AvgIpc) is 2.80. The molecule has 100 valence electrons. The van der Waals surface area contributed by atoms with Crippen LogP contribution in [0.25, 0.3) is 0 Å². The van der Waals surface area contributed by atoms with Crippen molar-refractivity contribution < 1.29 is 24.2 Å². The fourth-order valence-corrected chi connectivity index (χ4v) is 1.50. The Morgan fingerprint density at radius 3 is 1.17 bits per heavy atom. The summed E-state index contributed by atoms with van der Waals surface area (Å²) in [7, 11) is 0. The third-order valence-electron chi connectivity index (χ3n) is 2.22. The molecule has 2 aliphatic carbocycles. The summed E-state index contributed by atoms with van der Waals surface area (Å²) in [5.41, 5.74) is 5.44. The van der Waals surface area contributed by atoms with Crippen molar-refractivity contribution in [2.45, 2.75) is 40.5 Å². The summed E-state index contributed by atoms with van der Waals surface area (Å²) in [5, 5.41) is 0. The first-order valence-electron chi connectivity index (χ1n) is 5.42. The van der Waals surface area contributed by atoms with Crippen LogP contribution in [0, 0.1) is 12.2 Å². The fraction of sp³-hybridized carbons (Fsp3) is 0.400. The van der Waals surface area contributed by atoms with Crippen molar-refractivity contribution in [3.05, 3.63) is 46.6 Å². The quantitative estimate of drug-likeness (QED) is 0.532. The fourth-order valence-electron chi connectivity index (χ4n) is 1.50. The van der Waals surface area contributed by atoms with Crippen molar-refractivity contribution in [2.75, 3.05) is 0 Å². The van der Waals surface area contributed by atoms with E-state index in [1.54, 1.807) is 0 Å². The van der Waals surface area contributed by atoms with Gasteiger partial charge in [-0.25, -0.2) is 23.3 Å². The molecule has 0 spiro atoms. The topological polar surface area (TPSA) is 0 Å². The molecule has 0 unspecified atom stereocenters. The van der Waals surface area contributed by atoms with Gasteiger partial charge in [0.25, 0.3) is 0 Å². The van der Waals surface area contributed by atoms with Crippen LogP contribution in [-0.2, 0) is 24.2 Å². The van der Waals surface area contributed by atoms with E-state index in [9.17, 15) is 0 Å². The standard InChI is InChI=1S/2C7H9.CH2.2ClH.Zr/c2*1-6-3-4-7(2)5-6;;;;/h2*5H,3H2,1-2H3;1H2;2*1H;/q2*-1;;;;+2. The van der Waals surface area contributed by atoms with Gasteiger partial charge in [-0.3, -0.25) is 12.2 Å². The van der Waals surface area contributed by atoms with E-state index in [0.29, 0.717) is 0 Å². The van der Waals surface area contributed by atoms with Gasteiger partial charge in [-0.2, -0.15) is 11.1 Å². The summed E-state index contributed by atoms with van der Waals surface area (Å²) in [5.74, 6) is 0. The van der Waals surface area contributed by atoms with Gasteiger partial charge < -0.3 is 0 Å². The Morgan fingerprint density at radius 2 is 1.11 bits per heavy atom. The summed E-state index contributed by atoms with van der Waals surface area (Å²) in [6, 6.07) is 0. The predicted molar refractivity (Wildman–Crippen MR) is 83.2 cm³/mol. The van der Waals surface area contributed by atoms with Crippen molar-refractivity contribution in [2.24, 2.45) is 0 Å². The van der Waals surface area contributed by atoms with Crippen LogP contribution in [0.4, 0.5) is 0 Å². The normalized spacial score (nSPS) is 15.2. The van der Waals surface area contributed by atoms with E-state index < -0.39 is 0 Å². The first kappa shape index (κ1) is 23.4. The molecule has 0 saturated carbocycles. The average molecular weight is 364 g/mol. The molecule has 2 aliphatic rings. The van der Waals surface area contributed by atoms with Gasteiger partial charge in [0, 0.05) is 0 Å². The van der Waals surface area contributed by atoms with E-state index >= 15 is 0 Å². The van der Waals surface area contributed by atoms with Crippen LogP contribution in [0.3, 0.4) is 0 Å². The molecule has 0 radical (unpaired) electrons. The molecular weight excluding hydrogens is 342 g/mol. The summed E-state index contributed by atoms with van der Waals surface area (Å²) in [6.07, 6.45) is 12.8. The van der Waals surface area contributed by atoms with Gasteiger partial charge in [0.15, 0.2) is 0 Å². The van der Waals surface area contributed by atoms with Crippen LogP contribution < -0.4 is 0 Å². The summed E-state index contributed by atoms with van der Waals surface area (Å²) < 4.78 is 3.34. The van der Waals surface area contributed by atoms with Crippen LogP contribution in [0.15, 0.2) is 34.4 Å². The van der Waals surface area contributed by atoms with E-state index in [0.717, 1.165) is 12.8 Å². The Hall–Kier alpha value is 0.293. The van der Waals surface area contributed by atoms with Crippen molar-refractivity contribution in [1.29, 1.82) is 0 Å². The van der Waals surface area contributed by atoms with Crippen molar-refractivity contribution in [1.82, 2.24) is 0 Å². The number of allylic oxidation sites excluding steroid dienone is 8. The van der Waals surface area contributed by atoms with Crippen LogP contribution in [0.1, 0.15) is 40.5 Å². The Labute approximate surface area is 139 Å². The molecule has 0 atom stereocenters. The Balaban J connectivity index is -0.000000200. The molecule has 0 aromatic carbocycles. The van der Waals surface area contributed by atoms with Crippen LogP contribution in [-0.4, -0.2) is 4.21 Å². The molecule has 0 N–H and O–H groups in total. The van der Waals surface area contributed by atoms with E-state index in [-0.39, 0.29) is 24.8 Å². The van der Waals surface area contributed by atoms with Crippen molar-refractivity contribution >= 4 is 29.0 Å². The number of hydrogen-bond acceptors (Lipinski definition) is 0. The molecule has 0 saturated heterocycles. The molecule has 18 heavy (non-hydrogen) atoms. The number of rotatable bonds is 0. The molecule has 0 nitrogen and oxygen atoms in total. The Bertz CT molecular complexity index is 316. The van der Waals surface area contributed by atoms with Gasteiger partial charge in [0.1, 0.15) is 0 Å². The Morgan fingerprint density at radius 1 is 0.833 bits per heavy atom. The van der Waals surface area contributed by atoms with Gasteiger partial charge in [0.05, 0.1) is 0 Å². The summed E-state index contributed by atoms with van der Waals surface area (Å²) in [6.45, 7) is 8.42. The van der Waals surface area contributed by atoms with Crippen molar-refractivity contribution in [3.63, 3.8) is 0 Å². The second-order valence-electron chi connectivity index (χ2n) is 4.05. The zero-order valence-electron chi connectivity index (χ0n) is 11.6. The minimum atomic E-state index is 0. The van der Waals surface area contributed by atoms with Gasteiger partial charge in [0.2, 0.25) is 0 Å². The van der Waals surface area contributed by atoms with Gasteiger partial charge >= 0.3 is 28.4 Å². The number of halogens is 2. The van der Waals surface area contributed by atoms with Crippen LogP contribution >= 0.6 is 24.8 Å². The van der Waals surface area contributed by atoms with E-state index in [2.05, 4.69) is 56.2 Å². The van der Waals surface area contributed by atoms with Crippen LogP contribution in [0.5, 0.6) is 0 Å². The van der Waals surface area contributed by atoms with E-state index in [1.807, 2.05) is 0 Å². The first-order chi connectivity index (χ1) is 7.58. The summed E-state index contributed by atoms with van der Waals surface area (Å²) in [4.78, 5) is 0. The van der Waals surface area contributed by atoms with E-state index in [4.69, 9.17) is 0 Å². The van der Waals surface area contributed by atoms with Crippen molar-refractivity contribution in [3.8, 4) is 0 Å². The third kappa shape index (κ3) is 11.4. The molecule has 0 fully saturated rings. The molecule has 2 rings (SSSR count). The molecule has 0 aromatic rings. The molecule has 0 aliphatic heterocycles. The molecular formula is C15H22Cl2Zr. The van der Waals surface area contributed by atoms with E-state index in [1.165, 1.54) is 46.5 Å². The molecule has 0 amide bonds. The molecule has 0 aromatic heterocycles. The molecule has 0 heterocycles. The maximum absolute atomic E-state index is 3.34. The zero-order valence-corrected chi connectivity index (χ0v) is 15.7. The molecule has 0 bridgehead atoms. The number of hydrogen-bond donors (Lipinski definition) is 0. The SMILES string of the molecule is CC1=[C-]CC(C)=C1.CC1=[C-]CC(C)=C1.Cl.Cl.[CH2]=[Zr+2]. The van der Waals surface area contributed by atoms with Gasteiger partial charge in [-0.05, 0) is 0 Å². The third-order valence-corrected chi connectivity index (χ3v) is 2.22. The summed E-state index contributed by atoms with van der Waals surface area (Å²) >= 11 is 1.30. The zero-order chi connectivity index (χ0) is 12.6. The maximum atomic E-state index is 3.34. The second-order valence-corrected chi connectivity index (χ2v) is 4.05. The predicted octanol–water partition coefficient (Wildman–Crippen LogP) is 4.98. The Kier molecular flexibility index (Phi) is 17.8. The van der Waals surface area contributed by atoms with Gasteiger partial charge in [-0.1, -0.05) is 27.7 Å². The van der Waals surface area contributed by atoms with Gasteiger partial charge in [-0.15, -0.1) is 37.7 Å². The first-order valence-corrected chi connectivity index (χ1v) is 7.16. The van der Waals surface area contributed by atoms with Crippen LogP contribution in [0.2, 0.25) is 0 Å².